The summed E-state index contributed by atoms with van der Waals surface area (Å²) in [6.45, 7) is 5.70. The summed E-state index contributed by atoms with van der Waals surface area (Å²) in [5, 5.41) is 9.44. The zero-order chi connectivity index (χ0) is 24.2. The molecule has 1 atom stereocenters. The number of carbonyl (C=O) groups excluding carboxylic acids is 1. The van der Waals surface area contributed by atoms with E-state index in [0.717, 1.165) is 0 Å². The molecule has 1 N–H and O–H groups in total. The largest absolute Gasteiger partial charge is 0.349 e. The molecule has 172 valence electrons. The monoisotopic (exact) mass is 492 g/mol. The molecule has 0 fully saturated rings. The third-order valence-electron chi connectivity index (χ3n) is 5.62. The highest BCUT2D eigenvalue weighted by molar-refractivity contribution is 6.31. The molecule has 6 nitrogen and oxygen atoms in total. The second-order valence-electron chi connectivity index (χ2n) is 9.28. The van der Waals surface area contributed by atoms with Crippen LogP contribution in [0.5, 0.6) is 0 Å². The van der Waals surface area contributed by atoms with Crippen LogP contribution in [0.2, 0.25) is 10.0 Å². The predicted molar refractivity (Wildman–Crippen MR) is 137 cm³/mol. The minimum Gasteiger partial charge on any atom is -0.349 e. The topological polar surface area (TPSA) is 68.4 Å². The number of aromatic nitrogens is 3. The summed E-state index contributed by atoms with van der Waals surface area (Å²) >= 11 is 12.5. The molecule has 5 aromatic rings. The highest BCUT2D eigenvalue weighted by atomic mass is 35.5. The van der Waals surface area contributed by atoms with E-state index in [1.807, 2.05) is 45.0 Å². The average molecular weight is 493 g/mol. The van der Waals surface area contributed by atoms with Crippen molar-refractivity contribution in [2.75, 3.05) is 0 Å². The summed E-state index contributed by atoms with van der Waals surface area (Å²) in [4.78, 5) is 27.8. The summed E-state index contributed by atoms with van der Waals surface area (Å²) < 4.78 is 3.14. The maximum Gasteiger partial charge on any atom is 0.278 e. The number of hydrogen-bond donors (Lipinski definition) is 1. The van der Waals surface area contributed by atoms with E-state index in [1.54, 1.807) is 47.0 Å². The van der Waals surface area contributed by atoms with Gasteiger partial charge < -0.3 is 5.32 Å². The standard InChI is InChI=1S/C26H22Cl2N4O2/c1-26(2,3)29-24(33)22(15-8-10-16(27)11-9-15)31-20-13-12-17(28)14-21(20)32-23(25(31)34)18-6-4-5-7-19(18)30-32/h4-14,22H,1-3H3,(H,29,33). The number of benzene rings is 3. The highest BCUT2D eigenvalue weighted by Crippen LogP contribution is 2.29. The van der Waals surface area contributed by atoms with Gasteiger partial charge in [0.05, 0.1) is 16.6 Å². The normalized spacial score (nSPS) is 13.0. The van der Waals surface area contributed by atoms with Crippen LogP contribution in [-0.2, 0) is 4.79 Å². The Labute approximate surface area is 205 Å². The lowest BCUT2D eigenvalue weighted by atomic mass is 10.0. The van der Waals surface area contributed by atoms with E-state index in [-0.39, 0.29) is 11.5 Å². The second kappa shape index (κ2) is 8.15. The van der Waals surface area contributed by atoms with Gasteiger partial charge in [0.25, 0.3) is 5.56 Å². The fraction of sp³-hybridized carbons (Fsp3) is 0.192. The van der Waals surface area contributed by atoms with Gasteiger partial charge >= 0.3 is 0 Å². The summed E-state index contributed by atoms with van der Waals surface area (Å²) in [7, 11) is 0. The van der Waals surface area contributed by atoms with E-state index >= 15 is 0 Å². The number of nitrogens with zero attached hydrogens (tertiary/aromatic N) is 3. The van der Waals surface area contributed by atoms with Crippen LogP contribution < -0.4 is 10.9 Å². The number of rotatable bonds is 3. The van der Waals surface area contributed by atoms with Gasteiger partial charge in [0, 0.05) is 21.0 Å². The van der Waals surface area contributed by atoms with E-state index < -0.39 is 11.6 Å². The summed E-state index contributed by atoms with van der Waals surface area (Å²) in [6, 6.07) is 18.7. The smallest absolute Gasteiger partial charge is 0.278 e. The Morgan fingerprint density at radius 3 is 2.32 bits per heavy atom. The molecule has 0 spiro atoms. The van der Waals surface area contributed by atoms with Crippen LogP contribution in [0.15, 0.2) is 71.5 Å². The maximum atomic E-state index is 14.1. The molecule has 0 saturated heterocycles. The Morgan fingerprint density at radius 2 is 1.62 bits per heavy atom. The molecule has 3 aromatic carbocycles. The molecular formula is C26H22Cl2N4O2. The van der Waals surface area contributed by atoms with Crippen molar-refractivity contribution in [1.29, 1.82) is 0 Å². The molecule has 2 aromatic heterocycles. The Kier molecular flexibility index (Phi) is 5.38. The van der Waals surface area contributed by atoms with Crippen LogP contribution in [0.4, 0.5) is 0 Å². The van der Waals surface area contributed by atoms with Gasteiger partial charge in [0.15, 0.2) is 0 Å². The van der Waals surface area contributed by atoms with Gasteiger partial charge in [0.1, 0.15) is 11.6 Å². The number of amides is 1. The minimum absolute atomic E-state index is 0.304. The molecule has 5 rings (SSSR count). The third kappa shape index (κ3) is 3.83. The van der Waals surface area contributed by atoms with E-state index in [1.165, 1.54) is 4.57 Å². The van der Waals surface area contributed by atoms with Crippen LogP contribution in [0.3, 0.4) is 0 Å². The van der Waals surface area contributed by atoms with Crippen molar-refractivity contribution in [3.05, 3.63) is 92.7 Å². The van der Waals surface area contributed by atoms with Crippen molar-refractivity contribution in [2.24, 2.45) is 0 Å². The second-order valence-corrected chi connectivity index (χ2v) is 10.2. The van der Waals surface area contributed by atoms with E-state index in [2.05, 4.69) is 10.4 Å². The van der Waals surface area contributed by atoms with Crippen LogP contribution in [0.25, 0.3) is 27.5 Å². The molecule has 0 radical (unpaired) electrons. The van der Waals surface area contributed by atoms with Crippen LogP contribution in [0.1, 0.15) is 32.4 Å². The number of halogens is 2. The van der Waals surface area contributed by atoms with Gasteiger partial charge in [-0.05, 0) is 62.7 Å². The first-order valence-electron chi connectivity index (χ1n) is 10.8. The number of nitrogens with one attached hydrogen (secondary N) is 1. The summed E-state index contributed by atoms with van der Waals surface area (Å²) in [5.74, 6) is -0.304. The fourth-order valence-corrected chi connectivity index (χ4v) is 4.56. The van der Waals surface area contributed by atoms with Crippen LogP contribution in [-0.4, -0.2) is 25.6 Å². The SMILES string of the molecule is CC(C)(C)NC(=O)C(c1ccc(Cl)cc1)n1c(=O)c2c3ccccc3nn2c2cc(Cl)ccc21. The average Bonchev–Trinajstić information content (AvgIpc) is 3.16. The quantitative estimate of drug-likeness (QED) is 0.355. The lowest BCUT2D eigenvalue weighted by Gasteiger charge is -2.27. The first-order chi connectivity index (χ1) is 16.1. The molecule has 8 heteroatoms. The Morgan fingerprint density at radius 1 is 0.941 bits per heavy atom. The minimum atomic E-state index is -0.939. The zero-order valence-electron chi connectivity index (χ0n) is 18.8. The molecule has 0 saturated carbocycles. The van der Waals surface area contributed by atoms with Gasteiger partial charge in [0.2, 0.25) is 5.91 Å². The van der Waals surface area contributed by atoms with Gasteiger partial charge in [-0.15, -0.1) is 0 Å². The molecular weight excluding hydrogens is 471 g/mol. The molecule has 34 heavy (non-hydrogen) atoms. The molecule has 0 aliphatic rings. The Balaban J connectivity index is 1.92. The van der Waals surface area contributed by atoms with Gasteiger partial charge in [-0.1, -0.05) is 53.5 Å². The third-order valence-corrected chi connectivity index (χ3v) is 6.10. The van der Waals surface area contributed by atoms with Crippen molar-refractivity contribution in [1.82, 2.24) is 19.5 Å². The lowest BCUT2D eigenvalue weighted by Crippen LogP contribution is -2.46. The van der Waals surface area contributed by atoms with Crippen LogP contribution in [0, 0.1) is 0 Å². The van der Waals surface area contributed by atoms with E-state index in [4.69, 9.17) is 23.2 Å². The van der Waals surface area contributed by atoms with Crippen molar-refractivity contribution in [3.8, 4) is 0 Å². The predicted octanol–water partition coefficient (Wildman–Crippen LogP) is 5.61. The van der Waals surface area contributed by atoms with Crippen molar-refractivity contribution >= 4 is 56.6 Å². The van der Waals surface area contributed by atoms with Gasteiger partial charge in [-0.25, -0.2) is 4.52 Å². The van der Waals surface area contributed by atoms with Gasteiger partial charge in [-0.2, -0.15) is 5.10 Å². The molecule has 0 aliphatic heterocycles. The summed E-state index contributed by atoms with van der Waals surface area (Å²) in [5.41, 5.74) is 2.04. The highest BCUT2D eigenvalue weighted by Gasteiger charge is 2.30. The molecule has 0 bridgehead atoms. The molecule has 2 heterocycles. The van der Waals surface area contributed by atoms with E-state index in [0.29, 0.717) is 43.1 Å². The summed E-state index contributed by atoms with van der Waals surface area (Å²) in [6.07, 6.45) is 0. The molecule has 0 aliphatic carbocycles. The number of hydrogen-bond acceptors (Lipinski definition) is 3. The Bertz CT molecular complexity index is 1630. The lowest BCUT2D eigenvalue weighted by molar-refractivity contribution is -0.124. The zero-order valence-corrected chi connectivity index (χ0v) is 20.4. The number of carbonyl (C=O) groups is 1. The molecule has 1 amide bonds. The molecule has 1 unspecified atom stereocenters. The van der Waals surface area contributed by atoms with Crippen LogP contribution >= 0.6 is 23.2 Å². The first kappa shape index (κ1) is 22.4. The maximum absolute atomic E-state index is 14.1. The Hall–Kier alpha value is -3.35. The van der Waals surface area contributed by atoms with E-state index in [9.17, 15) is 9.59 Å². The van der Waals surface area contributed by atoms with Crippen molar-refractivity contribution in [2.45, 2.75) is 32.4 Å². The van der Waals surface area contributed by atoms with Gasteiger partial charge in [-0.3, -0.25) is 14.2 Å². The fourth-order valence-electron chi connectivity index (χ4n) is 4.26. The number of fused-ring (bicyclic) bond motifs is 5. The first-order valence-corrected chi connectivity index (χ1v) is 11.6. The van der Waals surface area contributed by atoms with Crippen molar-refractivity contribution < 1.29 is 4.79 Å². The van der Waals surface area contributed by atoms with Crippen molar-refractivity contribution in [3.63, 3.8) is 0 Å².